The smallest absolute Gasteiger partial charge is 0.326 e. The number of hydrogen-bond donors (Lipinski definition) is 2. The lowest BCUT2D eigenvalue weighted by Gasteiger charge is -2.16. The zero-order valence-corrected chi connectivity index (χ0v) is 15.7. The number of ether oxygens (including phenoxy) is 2. The second-order valence-electron chi connectivity index (χ2n) is 5.99. The molecule has 0 aliphatic heterocycles. The third-order valence-corrected chi connectivity index (χ3v) is 3.80. The highest BCUT2D eigenvalue weighted by molar-refractivity contribution is 5.98. The molecule has 8 heteroatoms. The molecule has 2 aromatic rings. The van der Waals surface area contributed by atoms with Gasteiger partial charge in [0.1, 0.15) is 18.1 Å². The van der Waals surface area contributed by atoms with Crippen molar-refractivity contribution < 1.29 is 28.2 Å². The lowest BCUT2D eigenvalue weighted by atomic mass is 10.2. The van der Waals surface area contributed by atoms with Gasteiger partial charge in [0.25, 0.3) is 11.8 Å². The maximum absolute atomic E-state index is 13.5. The summed E-state index contributed by atoms with van der Waals surface area (Å²) in [5.41, 5.74) is 1.17. The van der Waals surface area contributed by atoms with E-state index in [1.807, 2.05) is 13.0 Å². The van der Waals surface area contributed by atoms with E-state index in [0.717, 1.165) is 11.6 Å². The molecule has 2 amide bonds. The van der Waals surface area contributed by atoms with Gasteiger partial charge in [-0.3, -0.25) is 14.4 Å². The van der Waals surface area contributed by atoms with Crippen LogP contribution in [0.25, 0.3) is 0 Å². The lowest BCUT2D eigenvalue weighted by Crippen LogP contribution is -2.36. The maximum atomic E-state index is 13.5. The molecule has 1 unspecified atom stereocenters. The summed E-state index contributed by atoms with van der Waals surface area (Å²) in [5, 5.41) is 4.88. The van der Waals surface area contributed by atoms with E-state index < -0.39 is 36.2 Å². The van der Waals surface area contributed by atoms with Crippen LogP contribution in [-0.4, -0.2) is 37.5 Å². The summed E-state index contributed by atoms with van der Waals surface area (Å²) in [7, 11) is 1.47. The van der Waals surface area contributed by atoms with Gasteiger partial charge in [-0.05, 0) is 43.7 Å². The largest absolute Gasteiger partial charge is 0.495 e. The first kappa shape index (κ1) is 20.9. The Morgan fingerprint density at radius 1 is 1.14 bits per heavy atom. The number of nitrogens with one attached hydrogen (secondary N) is 2. The number of aryl methyl sites for hydroxylation is 1. The average Bonchev–Trinajstić information content (AvgIpc) is 2.66. The van der Waals surface area contributed by atoms with Crippen molar-refractivity contribution in [1.29, 1.82) is 0 Å². The lowest BCUT2D eigenvalue weighted by molar-refractivity contribution is -0.152. The molecule has 0 spiro atoms. The van der Waals surface area contributed by atoms with Crippen LogP contribution in [0.1, 0.15) is 22.8 Å². The van der Waals surface area contributed by atoms with E-state index in [4.69, 9.17) is 9.47 Å². The standard InChI is InChI=1S/C20H21FN2O5/c1-12-8-9-17(27-3)16(10-12)23-19(25)13(2)28-18(24)11-22-20(26)14-6-4-5-7-15(14)21/h4-10,13H,11H2,1-3H3,(H,22,26)(H,23,25). The van der Waals surface area contributed by atoms with E-state index in [2.05, 4.69) is 10.6 Å². The van der Waals surface area contributed by atoms with Crippen LogP contribution in [0, 0.1) is 12.7 Å². The van der Waals surface area contributed by atoms with Gasteiger partial charge in [0.2, 0.25) is 0 Å². The summed E-state index contributed by atoms with van der Waals surface area (Å²) in [6, 6.07) is 10.6. The van der Waals surface area contributed by atoms with E-state index in [9.17, 15) is 18.8 Å². The van der Waals surface area contributed by atoms with Crippen LogP contribution in [0.2, 0.25) is 0 Å². The molecule has 0 bridgehead atoms. The van der Waals surface area contributed by atoms with E-state index in [1.165, 1.54) is 32.2 Å². The third-order valence-electron chi connectivity index (χ3n) is 3.80. The van der Waals surface area contributed by atoms with Crippen LogP contribution in [0.3, 0.4) is 0 Å². The van der Waals surface area contributed by atoms with Gasteiger partial charge in [-0.25, -0.2) is 4.39 Å². The Hall–Kier alpha value is -3.42. The van der Waals surface area contributed by atoms with Gasteiger partial charge < -0.3 is 20.1 Å². The number of esters is 1. The van der Waals surface area contributed by atoms with Crippen molar-refractivity contribution >= 4 is 23.5 Å². The average molecular weight is 388 g/mol. The van der Waals surface area contributed by atoms with E-state index in [0.29, 0.717) is 11.4 Å². The zero-order valence-electron chi connectivity index (χ0n) is 15.7. The Bertz CT molecular complexity index is 885. The number of rotatable bonds is 7. The molecule has 0 heterocycles. The first-order valence-corrected chi connectivity index (χ1v) is 8.49. The third kappa shape index (κ3) is 5.54. The van der Waals surface area contributed by atoms with Gasteiger partial charge in [0.15, 0.2) is 6.10 Å². The number of hydrogen-bond acceptors (Lipinski definition) is 5. The van der Waals surface area contributed by atoms with Gasteiger partial charge >= 0.3 is 5.97 Å². The fourth-order valence-corrected chi connectivity index (χ4v) is 2.34. The molecule has 0 fully saturated rings. The molecule has 0 saturated heterocycles. The predicted octanol–water partition coefficient (Wildman–Crippen LogP) is 2.44. The van der Waals surface area contributed by atoms with Crippen molar-refractivity contribution in [2.75, 3.05) is 19.0 Å². The Morgan fingerprint density at radius 3 is 2.54 bits per heavy atom. The molecular formula is C20H21FN2O5. The van der Waals surface area contributed by atoms with Crippen molar-refractivity contribution in [2.24, 2.45) is 0 Å². The highest BCUT2D eigenvalue weighted by Gasteiger charge is 2.20. The fraction of sp³-hybridized carbons (Fsp3) is 0.250. The van der Waals surface area contributed by atoms with Crippen LogP contribution < -0.4 is 15.4 Å². The Labute approximate surface area is 161 Å². The maximum Gasteiger partial charge on any atom is 0.326 e. The van der Waals surface area contributed by atoms with Crippen molar-refractivity contribution in [3.63, 3.8) is 0 Å². The molecular weight excluding hydrogens is 367 g/mol. The summed E-state index contributed by atoms with van der Waals surface area (Å²) in [6.45, 7) is 2.75. The zero-order chi connectivity index (χ0) is 20.7. The quantitative estimate of drug-likeness (QED) is 0.711. The Balaban J connectivity index is 1.88. The molecule has 0 radical (unpaired) electrons. The predicted molar refractivity (Wildman–Crippen MR) is 101 cm³/mol. The SMILES string of the molecule is COc1ccc(C)cc1NC(=O)C(C)OC(=O)CNC(=O)c1ccccc1F. The molecule has 0 aliphatic rings. The minimum Gasteiger partial charge on any atom is -0.495 e. The first-order chi connectivity index (χ1) is 13.3. The van der Waals surface area contributed by atoms with E-state index in [-0.39, 0.29) is 5.56 Å². The topological polar surface area (TPSA) is 93.7 Å². The van der Waals surface area contributed by atoms with Gasteiger partial charge in [-0.2, -0.15) is 0 Å². The second kappa shape index (κ2) is 9.50. The van der Waals surface area contributed by atoms with Crippen LogP contribution in [0.15, 0.2) is 42.5 Å². The van der Waals surface area contributed by atoms with Crippen LogP contribution in [0.5, 0.6) is 5.75 Å². The van der Waals surface area contributed by atoms with Crippen LogP contribution >= 0.6 is 0 Å². The number of anilines is 1. The number of carbonyl (C=O) groups is 3. The monoisotopic (exact) mass is 388 g/mol. The fourth-order valence-electron chi connectivity index (χ4n) is 2.34. The van der Waals surface area contributed by atoms with Gasteiger partial charge in [0.05, 0.1) is 18.4 Å². The highest BCUT2D eigenvalue weighted by Crippen LogP contribution is 2.25. The summed E-state index contributed by atoms with van der Waals surface area (Å²) >= 11 is 0. The summed E-state index contributed by atoms with van der Waals surface area (Å²) in [6.07, 6.45) is -1.11. The van der Waals surface area contributed by atoms with Crippen molar-refractivity contribution in [2.45, 2.75) is 20.0 Å². The molecule has 2 N–H and O–H groups in total. The van der Waals surface area contributed by atoms with Gasteiger partial charge in [-0.15, -0.1) is 0 Å². The Kier molecular flexibility index (Phi) is 7.08. The molecule has 148 valence electrons. The van der Waals surface area contributed by atoms with Gasteiger partial charge in [0, 0.05) is 0 Å². The van der Waals surface area contributed by atoms with Crippen LogP contribution in [0.4, 0.5) is 10.1 Å². The summed E-state index contributed by atoms with van der Waals surface area (Å²) in [5.74, 6) is -2.37. The highest BCUT2D eigenvalue weighted by atomic mass is 19.1. The minimum absolute atomic E-state index is 0.187. The molecule has 28 heavy (non-hydrogen) atoms. The number of carbonyl (C=O) groups excluding carboxylic acids is 3. The minimum atomic E-state index is -1.11. The number of methoxy groups -OCH3 is 1. The van der Waals surface area contributed by atoms with Crippen molar-refractivity contribution in [3.8, 4) is 5.75 Å². The summed E-state index contributed by atoms with van der Waals surface area (Å²) < 4.78 is 23.7. The molecule has 7 nitrogen and oxygen atoms in total. The summed E-state index contributed by atoms with van der Waals surface area (Å²) in [4.78, 5) is 36.0. The second-order valence-corrected chi connectivity index (χ2v) is 5.99. The molecule has 0 aromatic heterocycles. The van der Waals surface area contributed by atoms with Crippen molar-refractivity contribution in [1.82, 2.24) is 5.32 Å². The Morgan fingerprint density at radius 2 is 1.86 bits per heavy atom. The molecule has 0 aliphatic carbocycles. The van der Waals surface area contributed by atoms with Gasteiger partial charge in [-0.1, -0.05) is 18.2 Å². The van der Waals surface area contributed by atoms with Crippen LogP contribution in [-0.2, 0) is 14.3 Å². The number of amides is 2. The van der Waals surface area contributed by atoms with Crippen molar-refractivity contribution in [3.05, 3.63) is 59.4 Å². The van der Waals surface area contributed by atoms with E-state index in [1.54, 1.807) is 12.1 Å². The molecule has 2 aromatic carbocycles. The number of benzene rings is 2. The molecule has 1 atom stereocenters. The first-order valence-electron chi connectivity index (χ1n) is 8.49. The number of halogens is 1. The molecule has 0 saturated carbocycles. The normalized spacial score (nSPS) is 11.3. The van der Waals surface area contributed by atoms with E-state index >= 15 is 0 Å². The molecule has 2 rings (SSSR count).